The molecule has 0 amide bonds. The Kier molecular flexibility index (Phi) is 3.95. The smallest absolute Gasteiger partial charge is 0.330 e. The highest BCUT2D eigenvalue weighted by atomic mass is 35.5. The van der Waals surface area contributed by atoms with E-state index in [1.165, 1.54) is 6.08 Å². The van der Waals surface area contributed by atoms with E-state index in [4.69, 9.17) is 16.3 Å². The average molecular weight is 262 g/mol. The normalized spacial score (nSPS) is 11.0. The molecule has 0 aliphatic heterocycles. The molecule has 0 unspecified atom stereocenters. The second kappa shape index (κ2) is 5.65. The largest absolute Gasteiger partial charge is 0.463 e. The maximum absolute atomic E-state index is 11.3. The second-order valence-electron chi connectivity index (χ2n) is 3.65. The Balaban J connectivity index is 2.38. The number of rotatable bonds is 3. The highest BCUT2D eigenvalue weighted by molar-refractivity contribution is 6.31. The van der Waals surface area contributed by atoms with E-state index in [9.17, 15) is 4.79 Å². The Bertz CT molecular complexity index is 608. The first-order chi connectivity index (χ1) is 8.70. The van der Waals surface area contributed by atoms with E-state index >= 15 is 0 Å². The fourth-order valence-corrected chi connectivity index (χ4v) is 1.81. The van der Waals surface area contributed by atoms with Gasteiger partial charge in [0.15, 0.2) is 0 Å². The molecule has 0 aliphatic carbocycles. The molecule has 0 aliphatic rings. The Morgan fingerprint density at radius 3 is 3.06 bits per heavy atom. The molecular formula is C14H12ClNO2. The second-order valence-corrected chi connectivity index (χ2v) is 4.08. The van der Waals surface area contributed by atoms with Crippen molar-refractivity contribution in [2.75, 3.05) is 6.61 Å². The van der Waals surface area contributed by atoms with Crippen LogP contribution < -0.4 is 0 Å². The van der Waals surface area contributed by atoms with Crippen molar-refractivity contribution >= 4 is 34.4 Å². The summed E-state index contributed by atoms with van der Waals surface area (Å²) in [5, 5.41) is 2.57. The molecule has 0 fully saturated rings. The van der Waals surface area contributed by atoms with Crippen molar-refractivity contribution in [1.82, 2.24) is 4.98 Å². The number of aromatic nitrogens is 1. The summed E-state index contributed by atoms with van der Waals surface area (Å²) in [5.74, 6) is -0.377. The van der Waals surface area contributed by atoms with Gasteiger partial charge in [-0.15, -0.1) is 0 Å². The molecule has 0 spiro atoms. The van der Waals surface area contributed by atoms with Crippen LogP contribution in [0.2, 0.25) is 5.02 Å². The molecule has 1 aromatic heterocycles. The zero-order valence-electron chi connectivity index (χ0n) is 9.89. The van der Waals surface area contributed by atoms with E-state index in [1.807, 2.05) is 24.3 Å². The van der Waals surface area contributed by atoms with Crippen molar-refractivity contribution in [3.63, 3.8) is 0 Å². The quantitative estimate of drug-likeness (QED) is 0.627. The summed E-state index contributed by atoms with van der Waals surface area (Å²) in [6, 6.07) is 7.46. The minimum atomic E-state index is -0.377. The topological polar surface area (TPSA) is 39.2 Å². The molecule has 1 heterocycles. The van der Waals surface area contributed by atoms with Crippen molar-refractivity contribution < 1.29 is 9.53 Å². The molecule has 4 heteroatoms. The van der Waals surface area contributed by atoms with Gasteiger partial charge in [0.1, 0.15) is 0 Å². The molecule has 3 nitrogen and oxygen atoms in total. The van der Waals surface area contributed by atoms with Crippen LogP contribution in [0.1, 0.15) is 12.6 Å². The van der Waals surface area contributed by atoms with Crippen LogP contribution in [0.3, 0.4) is 0 Å². The van der Waals surface area contributed by atoms with Crippen molar-refractivity contribution in [3.05, 3.63) is 47.3 Å². The van der Waals surface area contributed by atoms with E-state index in [-0.39, 0.29) is 5.97 Å². The van der Waals surface area contributed by atoms with Gasteiger partial charge in [-0.05, 0) is 36.6 Å². The Morgan fingerprint density at radius 2 is 2.28 bits per heavy atom. The number of esters is 1. The number of ether oxygens (including phenoxy) is 1. The molecule has 0 saturated carbocycles. The Hall–Kier alpha value is -1.87. The van der Waals surface area contributed by atoms with Gasteiger partial charge < -0.3 is 4.74 Å². The lowest BCUT2D eigenvalue weighted by Crippen LogP contribution is -1.98. The van der Waals surface area contributed by atoms with Crippen LogP contribution in [0, 0.1) is 0 Å². The molecule has 2 rings (SSSR count). The molecule has 0 N–H and O–H groups in total. The van der Waals surface area contributed by atoms with Gasteiger partial charge in [0.25, 0.3) is 0 Å². The average Bonchev–Trinajstić information content (AvgIpc) is 2.36. The zero-order valence-corrected chi connectivity index (χ0v) is 10.6. The lowest BCUT2D eigenvalue weighted by atomic mass is 10.1. The molecule has 92 valence electrons. The number of carbonyl (C=O) groups is 1. The minimum absolute atomic E-state index is 0.359. The summed E-state index contributed by atoms with van der Waals surface area (Å²) in [6.45, 7) is 2.12. The molecule has 2 aromatic rings. The molecule has 0 atom stereocenters. The first-order valence-electron chi connectivity index (χ1n) is 5.60. The third-order valence-electron chi connectivity index (χ3n) is 2.42. The monoisotopic (exact) mass is 261 g/mol. The molecule has 18 heavy (non-hydrogen) atoms. The summed E-state index contributed by atoms with van der Waals surface area (Å²) < 4.78 is 4.82. The molecular weight excluding hydrogens is 250 g/mol. The Morgan fingerprint density at radius 1 is 1.44 bits per heavy atom. The van der Waals surface area contributed by atoms with E-state index in [0.717, 1.165) is 10.8 Å². The van der Waals surface area contributed by atoms with Crippen molar-refractivity contribution in [3.8, 4) is 0 Å². The van der Waals surface area contributed by atoms with Gasteiger partial charge in [-0.2, -0.15) is 0 Å². The van der Waals surface area contributed by atoms with Gasteiger partial charge in [-0.25, -0.2) is 4.79 Å². The van der Waals surface area contributed by atoms with Crippen LogP contribution in [-0.2, 0) is 9.53 Å². The summed E-state index contributed by atoms with van der Waals surface area (Å²) in [4.78, 5) is 15.5. The standard InChI is InChI=1S/C14H12ClNO2/c1-2-18-14(17)6-5-13-12-9-11(15)4-3-10(12)7-8-16-13/h3-9H,2H2,1H3/b6-5+. The third-order valence-corrected chi connectivity index (χ3v) is 2.66. The minimum Gasteiger partial charge on any atom is -0.463 e. The molecule has 0 bridgehead atoms. The number of fused-ring (bicyclic) bond motifs is 1. The summed E-state index contributed by atoms with van der Waals surface area (Å²) in [5.41, 5.74) is 0.697. The van der Waals surface area contributed by atoms with Gasteiger partial charge in [-0.1, -0.05) is 17.7 Å². The zero-order chi connectivity index (χ0) is 13.0. The highest BCUT2D eigenvalue weighted by Crippen LogP contribution is 2.22. The van der Waals surface area contributed by atoms with Crippen LogP contribution in [0.5, 0.6) is 0 Å². The van der Waals surface area contributed by atoms with Gasteiger partial charge >= 0.3 is 5.97 Å². The number of nitrogens with zero attached hydrogens (tertiary/aromatic N) is 1. The third kappa shape index (κ3) is 2.87. The van der Waals surface area contributed by atoms with Crippen LogP contribution in [0.4, 0.5) is 0 Å². The first kappa shape index (κ1) is 12.6. The predicted molar refractivity (Wildman–Crippen MR) is 72.4 cm³/mol. The van der Waals surface area contributed by atoms with Crippen molar-refractivity contribution in [1.29, 1.82) is 0 Å². The van der Waals surface area contributed by atoms with Gasteiger partial charge in [0.05, 0.1) is 12.3 Å². The fraction of sp³-hybridized carbons (Fsp3) is 0.143. The van der Waals surface area contributed by atoms with Gasteiger partial charge in [0.2, 0.25) is 0 Å². The summed E-state index contributed by atoms with van der Waals surface area (Å²) >= 11 is 5.96. The summed E-state index contributed by atoms with van der Waals surface area (Å²) in [6.07, 6.45) is 4.70. The van der Waals surface area contributed by atoms with Gasteiger partial charge in [-0.3, -0.25) is 4.98 Å². The summed E-state index contributed by atoms with van der Waals surface area (Å²) in [7, 11) is 0. The van der Waals surface area contributed by atoms with Crippen LogP contribution in [0.25, 0.3) is 16.8 Å². The molecule has 0 radical (unpaired) electrons. The van der Waals surface area contributed by atoms with E-state index in [0.29, 0.717) is 17.3 Å². The number of carbonyl (C=O) groups excluding carboxylic acids is 1. The SMILES string of the molecule is CCOC(=O)/C=C/c1nccc2ccc(Cl)cc12. The number of hydrogen-bond acceptors (Lipinski definition) is 3. The van der Waals surface area contributed by atoms with Crippen molar-refractivity contribution in [2.45, 2.75) is 6.92 Å². The highest BCUT2D eigenvalue weighted by Gasteiger charge is 2.01. The van der Waals surface area contributed by atoms with E-state index < -0.39 is 0 Å². The number of halogens is 1. The van der Waals surface area contributed by atoms with Crippen LogP contribution in [0.15, 0.2) is 36.5 Å². The predicted octanol–water partition coefficient (Wildman–Crippen LogP) is 3.46. The Labute approximate surface area is 110 Å². The van der Waals surface area contributed by atoms with Crippen LogP contribution >= 0.6 is 11.6 Å². The van der Waals surface area contributed by atoms with Crippen LogP contribution in [-0.4, -0.2) is 17.6 Å². The number of hydrogen-bond donors (Lipinski definition) is 0. The number of benzene rings is 1. The van der Waals surface area contributed by atoms with Gasteiger partial charge in [0, 0.05) is 22.7 Å². The lowest BCUT2D eigenvalue weighted by Gasteiger charge is -2.02. The fourth-order valence-electron chi connectivity index (χ4n) is 1.63. The molecule has 1 aromatic carbocycles. The van der Waals surface area contributed by atoms with E-state index in [1.54, 1.807) is 19.2 Å². The number of pyridine rings is 1. The first-order valence-corrected chi connectivity index (χ1v) is 5.97. The van der Waals surface area contributed by atoms with Crippen molar-refractivity contribution in [2.24, 2.45) is 0 Å². The lowest BCUT2D eigenvalue weighted by molar-refractivity contribution is -0.137. The maximum Gasteiger partial charge on any atom is 0.330 e. The molecule has 0 saturated heterocycles. The van der Waals surface area contributed by atoms with E-state index in [2.05, 4.69) is 4.98 Å². The maximum atomic E-state index is 11.3.